The van der Waals surface area contributed by atoms with Crippen LogP contribution in [0.15, 0.2) is 34.9 Å². The highest BCUT2D eigenvalue weighted by molar-refractivity contribution is 5.89. The number of carboxylic acids is 1. The minimum atomic E-state index is -1.14. The summed E-state index contributed by atoms with van der Waals surface area (Å²) in [6.07, 6.45) is 0. The lowest BCUT2D eigenvalue weighted by Crippen LogP contribution is -2.47. The van der Waals surface area contributed by atoms with Crippen LogP contribution in [0.1, 0.15) is 10.5 Å². The summed E-state index contributed by atoms with van der Waals surface area (Å²) in [7, 11) is 0. The fourth-order valence-electron chi connectivity index (χ4n) is 2.30. The molecule has 1 aliphatic rings. The molecule has 1 aromatic carbocycles. The zero-order valence-electron chi connectivity index (χ0n) is 11.1. The molecule has 2 N–H and O–H groups in total. The Hall–Kier alpha value is -2.83. The van der Waals surface area contributed by atoms with Crippen molar-refractivity contribution in [2.75, 3.05) is 24.5 Å². The highest BCUT2D eigenvalue weighted by atomic mass is 16.5. The molecule has 0 bridgehead atoms. The summed E-state index contributed by atoms with van der Waals surface area (Å²) in [4.78, 5) is 24.3. The second kappa shape index (κ2) is 5.28. The quantitative estimate of drug-likeness (QED) is 0.873. The highest BCUT2D eigenvalue weighted by Crippen LogP contribution is 2.31. The van der Waals surface area contributed by atoms with E-state index in [0.717, 1.165) is 5.69 Å². The SMILES string of the molecule is O=C1CN(c2ccccc2-c2cc(C(=O)O)no2)CCN1. The number of rotatable bonds is 3. The van der Waals surface area contributed by atoms with Crippen LogP contribution in [0.5, 0.6) is 0 Å². The maximum atomic E-state index is 11.5. The number of para-hydroxylation sites is 1. The molecule has 2 aromatic rings. The molecular formula is C14H13N3O4. The Morgan fingerprint density at radius 1 is 1.38 bits per heavy atom. The zero-order chi connectivity index (χ0) is 14.8. The number of nitrogens with zero attached hydrogens (tertiary/aromatic N) is 2. The summed E-state index contributed by atoms with van der Waals surface area (Å²) in [6, 6.07) is 8.75. The summed E-state index contributed by atoms with van der Waals surface area (Å²) < 4.78 is 5.11. The number of hydrogen-bond donors (Lipinski definition) is 2. The van der Waals surface area contributed by atoms with Gasteiger partial charge in [-0.1, -0.05) is 17.3 Å². The maximum absolute atomic E-state index is 11.5. The average Bonchev–Trinajstić information content (AvgIpc) is 2.97. The number of anilines is 1. The lowest BCUT2D eigenvalue weighted by Gasteiger charge is -2.29. The number of carboxylic acid groups (broad SMARTS) is 1. The molecule has 1 aromatic heterocycles. The first kappa shape index (κ1) is 13.2. The topological polar surface area (TPSA) is 95.7 Å². The molecule has 2 heterocycles. The minimum Gasteiger partial charge on any atom is -0.476 e. The van der Waals surface area contributed by atoms with Crippen LogP contribution in [0, 0.1) is 0 Å². The van der Waals surface area contributed by atoms with Gasteiger partial charge < -0.3 is 19.8 Å². The smallest absolute Gasteiger partial charge is 0.358 e. The Morgan fingerprint density at radius 2 is 2.19 bits per heavy atom. The lowest BCUT2D eigenvalue weighted by molar-refractivity contribution is -0.120. The van der Waals surface area contributed by atoms with Crippen LogP contribution in [-0.2, 0) is 4.79 Å². The molecule has 7 nitrogen and oxygen atoms in total. The van der Waals surface area contributed by atoms with E-state index in [2.05, 4.69) is 10.5 Å². The van der Waals surface area contributed by atoms with Gasteiger partial charge in [-0.05, 0) is 12.1 Å². The fourth-order valence-corrected chi connectivity index (χ4v) is 2.30. The number of carbonyl (C=O) groups is 2. The van der Waals surface area contributed by atoms with Gasteiger partial charge in [0.15, 0.2) is 11.5 Å². The van der Waals surface area contributed by atoms with Gasteiger partial charge in [-0.3, -0.25) is 4.79 Å². The first-order chi connectivity index (χ1) is 10.1. The van der Waals surface area contributed by atoms with Gasteiger partial charge in [0.2, 0.25) is 5.91 Å². The number of piperazine rings is 1. The van der Waals surface area contributed by atoms with Crippen molar-refractivity contribution >= 4 is 17.6 Å². The molecule has 0 aliphatic carbocycles. The number of hydrogen-bond acceptors (Lipinski definition) is 5. The Labute approximate surface area is 120 Å². The van der Waals surface area contributed by atoms with Gasteiger partial charge in [0.25, 0.3) is 0 Å². The molecule has 0 unspecified atom stereocenters. The van der Waals surface area contributed by atoms with Crippen molar-refractivity contribution in [1.29, 1.82) is 0 Å². The van der Waals surface area contributed by atoms with Crippen LogP contribution in [0.25, 0.3) is 11.3 Å². The third-order valence-corrected chi connectivity index (χ3v) is 3.28. The predicted molar refractivity (Wildman–Crippen MR) is 74.1 cm³/mol. The second-order valence-electron chi connectivity index (χ2n) is 4.67. The molecule has 21 heavy (non-hydrogen) atoms. The number of nitrogens with one attached hydrogen (secondary N) is 1. The maximum Gasteiger partial charge on any atom is 0.358 e. The van der Waals surface area contributed by atoms with Crippen LogP contribution in [-0.4, -0.2) is 41.8 Å². The summed E-state index contributed by atoms with van der Waals surface area (Å²) >= 11 is 0. The average molecular weight is 287 g/mol. The van der Waals surface area contributed by atoms with Crippen LogP contribution in [0.3, 0.4) is 0 Å². The van der Waals surface area contributed by atoms with E-state index in [9.17, 15) is 9.59 Å². The Bertz CT molecular complexity index is 695. The molecule has 0 radical (unpaired) electrons. The third kappa shape index (κ3) is 2.58. The molecule has 1 fully saturated rings. The standard InChI is InChI=1S/C14H13N3O4/c18-13-8-17(6-5-15-13)11-4-2-1-3-9(11)12-7-10(14(19)20)16-21-12/h1-4,7H,5-6,8H2,(H,15,18)(H,19,20). The molecule has 3 rings (SSSR count). The number of amides is 1. The van der Waals surface area contributed by atoms with Crippen LogP contribution < -0.4 is 10.2 Å². The van der Waals surface area contributed by atoms with Crippen molar-refractivity contribution in [2.24, 2.45) is 0 Å². The molecular weight excluding hydrogens is 274 g/mol. The van der Waals surface area contributed by atoms with E-state index >= 15 is 0 Å². The minimum absolute atomic E-state index is 0.0418. The van der Waals surface area contributed by atoms with E-state index in [4.69, 9.17) is 9.63 Å². The Kier molecular flexibility index (Phi) is 3.31. The van der Waals surface area contributed by atoms with Crippen molar-refractivity contribution in [3.8, 4) is 11.3 Å². The summed E-state index contributed by atoms with van der Waals surface area (Å²) in [5.41, 5.74) is 1.39. The number of aromatic nitrogens is 1. The predicted octanol–water partition coefficient (Wildman–Crippen LogP) is 0.976. The molecule has 1 amide bonds. The van der Waals surface area contributed by atoms with Crippen molar-refractivity contribution < 1.29 is 19.2 Å². The van der Waals surface area contributed by atoms with E-state index in [0.29, 0.717) is 24.4 Å². The van der Waals surface area contributed by atoms with E-state index in [1.807, 2.05) is 29.2 Å². The van der Waals surface area contributed by atoms with Gasteiger partial charge in [0.1, 0.15) is 0 Å². The lowest BCUT2D eigenvalue weighted by atomic mass is 10.1. The van der Waals surface area contributed by atoms with Crippen molar-refractivity contribution in [3.63, 3.8) is 0 Å². The molecule has 108 valence electrons. The molecule has 0 atom stereocenters. The fraction of sp³-hybridized carbons (Fsp3) is 0.214. The van der Waals surface area contributed by atoms with Gasteiger partial charge in [0, 0.05) is 30.4 Å². The Balaban J connectivity index is 1.98. The molecule has 0 spiro atoms. The van der Waals surface area contributed by atoms with Crippen LogP contribution >= 0.6 is 0 Å². The van der Waals surface area contributed by atoms with E-state index in [1.54, 1.807) is 0 Å². The number of carbonyl (C=O) groups excluding carboxylic acids is 1. The monoisotopic (exact) mass is 287 g/mol. The van der Waals surface area contributed by atoms with Gasteiger partial charge >= 0.3 is 5.97 Å². The normalized spacial score (nSPS) is 14.9. The first-order valence-corrected chi connectivity index (χ1v) is 6.46. The summed E-state index contributed by atoms with van der Waals surface area (Å²) in [5, 5.41) is 15.2. The van der Waals surface area contributed by atoms with Crippen molar-refractivity contribution in [2.45, 2.75) is 0 Å². The summed E-state index contributed by atoms with van der Waals surface area (Å²) in [6.45, 7) is 1.52. The van der Waals surface area contributed by atoms with Crippen LogP contribution in [0.2, 0.25) is 0 Å². The van der Waals surface area contributed by atoms with E-state index < -0.39 is 5.97 Å². The number of benzene rings is 1. The molecule has 0 saturated carbocycles. The van der Waals surface area contributed by atoms with E-state index in [1.165, 1.54) is 6.07 Å². The Morgan fingerprint density at radius 3 is 2.90 bits per heavy atom. The zero-order valence-corrected chi connectivity index (χ0v) is 11.1. The van der Waals surface area contributed by atoms with Gasteiger partial charge in [0.05, 0.1) is 6.54 Å². The van der Waals surface area contributed by atoms with Gasteiger partial charge in [-0.25, -0.2) is 4.79 Å². The first-order valence-electron chi connectivity index (χ1n) is 6.46. The van der Waals surface area contributed by atoms with Crippen molar-refractivity contribution in [3.05, 3.63) is 36.0 Å². The van der Waals surface area contributed by atoms with E-state index in [-0.39, 0.29) is 18.1 Å². The second-order valence-corrected chi connectivity index (χ2v) is 4.67. The summed E-state index contributed by atoms with van der Waals surface area (Å²) in [5.74, 6) is -0.811. The number of aromatic carboxylic acids is 1. The molecule has 1 aliphatic heterocycles. The van der Waals surface area contributed by atoms with Crippen LogP contribution in [0.4, 0.5) is 5.69 Å². The third-order valence-electron chi connectivity index (χ3n) is 3.28. The van der Waals surface area contributed by atoms with Crippen molar-refractivity contribution in [1.82, 2.24) is 10.5 Å². The highest BCUT2D eigenvalue weighted by Gasteiger charge is 2.21. The largest absolute Gasteiger partial charge is 0.476 e. The van der Waals surface area contributed by atoms with Gasteiger partial charge in [-0.15, -0.1) is 0 Å². The molecule has 1 saturated heterocycles. The van der Waals surface area contributed by atoms with Gasteiger partial charge in [-0.2, -0.15) is 0 Å². The molecule has 7 heteroatoms.